The van der Waals surface area contributed by atoms with Crippen LogP contribution in [0.2, 0.25) is 0 Å². The van der Waals surface area contributed by atoms with Crippen molar-refractivity contribution in [2.75, 3.05) is 31.0 Å². The van der Waals surface area contributed by atoms with Gasteiger partial charge in [-0.3, -0.25) is 9.59 Å². The molecule has 27 heavy (non-hydrogen) atoms. The van der Waals surface area contributed by atoms with Gasteiger partial charge >= 0.3 is 0 Å². The number of benzene rings is 2. The molecule has 0 unspecified atom stereocenters. The Morgan fingerprint density at radius 1 is 1.07 bits per heavy atom. The van der Waals surface area contributed by atoms with Gasteiger partial charge in [-0.2, -0.15) is 0 Å². The van der Waals surface area contributed by atoms with E-state index in [1.807, 2.05) is 0 Å². The van der Waals surface area contributed by atoms with E-state index in [2.05, 4.69) is 5.32 Å². The second-order valence-corrected chi connectivity index (χ2v) is 5.63. The molecule has 8 heteroatoms. The second-order valence-electron chi connectivity index (χ2n) is 5.63. The number of anilines is 2. The zero-order valence-electron chi connectivity index (χ0n) is 15.2. The number of ether oxygens (including phenoxy) is 2. The van der Waals surface area contributed by atoms with Crippen molar-refractivity contribution in [3.63, 3.8) is 0 Å². The van der Waals surface area contributed by atoms with Crippen molar-refractivity contribution >= 4 is 23.2 Å². The number of nitrogens with zero attached hydrogens (tertiary/aromatic N) is 1. The predicted octanol–water partition coefficient (Wildman–Crippen LogP) is 3.36. The summed E-state index contributed by atoms with van der Waals surface area (Å²) in [6, 6.07) is 7.82. The summed E-state index contributed by atoms with van der Waals surface area (Å²) in [6.07, 6.45) is -0.100. The standard InChI is InChI=1S/C19H20F2N2O4/c1-12(24)23(17-11-14(26-2)5-7-18(17)27-3)9-8-19(25)22-16-6-4-13(20)10-15(16)21/h4-7,10-11H,8-9H2,1-3H3,(H,22,25). The first-order chi connectivity index (χ1) is 12.8. The van der Waals surface area contributed by atoms with E-state index in [9.17, 15) is 18.4 Å². The molecular weight excluding hydrogens is 358 g/mol. The molecule has 0 radical (unpaired) electrons. The lowest BCUT2D eigenvalue weighted by molar-refractivity contribution is -0.117. The van der Waals surface area contributed by atoms with E-state index in [4.69, 9.17) is 9.47 Å². The Bertz CT molecular complexity index is 842. The van der Waals surface area contributed by atoms with Crippen molar-refractivity contribution < 1.29 is 27.8 Å². The van der Waals surface area contributed by atoms with Gasteiger partial charge in [0.25, 0.3) is 0 Å². The maximum absolute atomic E-state index is 13.6. The molecule has 2 rings (SSSR count). The molecule has 0 aliphatic rings. The first-order valence-electron chi connectivity index (χ1n) is 8.10. The Balaban J connectivity index is 2.13. The van der Waals surface area contributed by atoms with Crippen molar-refractivity contribution in [3.05, 3.63) is 48.0 Å². The molecule has 0 aliphatic heterocycles. The van der Waals surface area contributed by atoms with E-state index in [-0.39, 0.29) is 24.6 Å². The van der Waals surface area contributed by atoms with Gasteiger partial charge in [0.2, 0.25) is 11.8 Å². The molecule has 0 spiro atoms. The summed E-state index contributed by atoms with van der Waals surface area (Å²) in [5.74, 6) is -1.47. The number of amides is 2. The Morgan fingerprint density at radius 2 is 1.81 bits per heavy atom. The highest BCUT2D eigenvalue weighted by molar-refractivity contribution is 5.96. The Morgan fingerprint density at radius 3 is 2.41 bits per heavy atom. The van der Waals surface area contributed by atoms with Crippen LogP contribution in [0, 0.1) is 11.6 Å². The second kappa shape index (κ2) is 8.98. The summed E-state index contributed by atoms with van der Waals surface area (Å²) >= 11 is 0. The van der Waals surface area contributed by atoms with Crippen LogP contribution in [0.15, 0.2) is 36.4 Å². The fraction of sp³-hybridized carbons (Fsp3) is 0.263. The van der Waals surface area contributed by atoms with Crippen LogP contribution in [-0.4, -0.2) is 32.6 Å². The van der Waals surface area contributed by atoms with Crippen molar-refractivity contribution in [3.8, 4) is 11.5 Å². The third kappa shape index (κ3) is 5.16. The van der Waals surface area contributed by atoms with Gasteiger partial charge in [0.1, 0.15) is 23.1 Å². The number of nitrogens with one attached hydrogen (secondary N) is 1. The van der Waals surface area contributed by atoms with Gasteiger partial charge in [-0.15, -0.1) is 0 Å². The molecule has 144 valence electrons. The van der Waals surface area contributed by atoms with Crippen LogP contribution in [0.3, 0.4) is 0 Å². The molecule has 0 bridgehead atoms. The van der Waals surface area contributed by atoms with Crippen LogP contribution in [0.5, 0.6) is 11.5 Å². The van der Waals surface area contributed by atoms with Gasteiger partial charge in [-0.1, -0.05) is 0 Å². The van der Waals surface area contributed by atoms with Crippen molar-refractivity contribution in [1.82, 2.24) is 0 Å². The third-order valence-electron chi connectivity index (χ3n) is 3.82. The number of rotatable bonds is 7. The molecule has 0 aliphatic carbocycles. The SMILES string of the molecule is COc1ccc(OC)c(N(CCC(=O)Nc2ccc(F)cc2F)C(C)=O)c1. The lowest BCUT2D eigenvalue weighted by Gasteiger charge is -2.23. The average molecular weight is 378 g/mol. The summed E-state index contributed by atoms with van der Waals surface area (Å²) in [5.41, 5.74) is 0.319. The van der Waals surface area contributed by atoms with E-state index < -0.39 is 17.5 Å². The summed E-state index contributed by atoms with van der Waals surface area (Å²) in [4.78, 5) is 25.6. The Hall–Kier alpha value is -3.16. The van der Waals surface area contributed by atoms with Gasteiger partial charge in [-0.05, 0) is 24.3 Å². The molecule has 2 aromatic rings. The predicted molar refractivity (Wildman–Crippen MR) is 97.2 cm³/mol. The summed E-state index contributed by atoms with van der Waals surface area (Å²) in [6.45, 7) is 1.39. The number of carbonyl (C=O) groups excluding carboxylic acids is 2. The van der Waals surface area contributed by atoms with Crippen molar-refractivity contribution in [2.24, 2.45) is 0 Å². The van der Waals surface area contributed by atoms with Crippen LogP contribution in [0.4, 0.5) is 20.2 Å². The van der Waals surface area contributed by atoms with Crippen LogP contribution >= 0.6 is 0 Å². The number of halogens is 2. The van der Waals surface area contributed by atoms with E-state index >= 15 is 0 Å². The molecule has 0 saturated heterocycles. The Kier molecular flexibility index (Phi) is 6.70. The fourth-order valence-electron chi connectivity index (χ4n) is 2.47. The molecule has 0 aromatic heterocycles. The van der Waals surface area contributed by atoms with E-state index in [1.54, 1.807) is 18.2 Å². The van der Waals surface area contributed by atoms with Gasteiger partial charge in [0.05, 0.1) is 25.6 Å². The summed E-state index contributed by atoms with van der Waals surface area (Å²) < 4.78 is 37.0. The highest BCUT2D eigenvalue weighted by Crippen LogP contribution is 2.32. The van der Waals surface area contributed by atoms with Crippen LogP contribution in [0.1, 0.15) is 13.3 Å². The molecule has 6 nitrogen and oxygen atoms in total. The normalized spacial score (nSPS) is 10.3. The average Bonchev–Trinajstić information content (AvgIpc) is 2.63. The van der Waals surface area contributed by atoms with Gasteiger partial charge < -0.3 is 19.7 Å². The van der Waals surface area contributed by atoms with Crippen LogP contribution < -0.4 is 19.7 Å². The molecule has 2 aromatic carbocycles. The van der Waals surface area contributed by atoms with Crippen LogP contribution in [-0.2, 0) is 9.59 Å². The van der Waals surface area contributed by atoms with Crippen LogP contribution in [0.25, 0.3) is 0 Å². The molecule has 2 amide bonds. The summed E-state index contributed by atoms with van der Waals surface area (Å²) in [5, 5.41) is 2.36. The van der Waals surface area contributed by atoms with Gasteiger partial charge in [0, 0.05) is 32.0 Å². The van der Waals surface area contributed by atoms with Gasteiger partial charge in [0.15, 0.2) is 0 Å². The molecule has 0 atom stereocenters. The minimum absolute atomic E-state index is 0.0352. The number of hydrogen-bond acceptors (Lipinski definition) is 4. The number of carbonyl (C=O) groups is 2. The highest BCUT2D eigenvalue weighted by Gasteiger charge is 2.19. The first-order valence-corrected chi connectivity index (χ1v) is 8.10. The quantitative estimate of drug-likeness (QED) is 0.802. The number of hydrogen-bond donors (Lipinski definition) is 1. The minimum Gasteiger partial charge on any atom is -0.497 e. The molecule has 0 heterocycles. The molecule has 1 N–H and O–H groups in total. The summed E-state index contributed by atoms with van der Waals surface area (Å²) in [7, 11) is 2.96. The zero-order valence-corrected chi connectivity index (χ0v) is 15.2. The zero-order chi connectivity index (χ0) is 20.0. The van der Waals surface area contributed by atoms with E-state index in [1.165, 1.54) is 26.0 Å². The molecule has 0 fully saturated rings. The maximum atomic E-state index is 13.6. The highest BCUT2D eigenvalue weighted by atomic mass is 19.1. The van der Waals surface area contributed by atoms with E-state index in [0.717, 1.165) is 12.1 Å². The lowest BCUT2D eigenvalue weighted by Crippen LogP contribution is -2.32. The fourth-order valence-corrected chi connectivity index (χ4v) is 2.47. The lowest BCUT2D eigenvalue weighted by atomic mass is 10.2. The third-order valence-corrected chi connectivity index (χ3v) is 3.82. The monoisotopic (exact) mass is 378 g/mol. The Labute approximate surface area is 155 Å². The van der Waals surface area contributed by atoms with Crippen molar-refractivity contribution in [2.45, 2.75) is 13.3 Å². The smallest absolute Gasteiger partial charge is 0.226 e. The maximum Gasteiger partial charge on any atom is 0.226 e. The molecule has 0 saturated carbocycles. The first kappa shape index (κ1) is 20.2. The largest absolute Gasteiger partial charge is 0.497 e. The minimum atomic E-state index is -0.874. The van der Waals surface area contributed by atoms with Crippen molar-refractivity contribution in [1.29, 1.82) is 0 Å². The molecular formula is C19H20F2N2O4. The topological polar surface area (TPSA) is 67.9 Å². The van der Waals surface area contributed by atoms with Gasteiger partial charge in [-0.25, -0.2) is 8.78 Å². The number of methoxy groups -OCH3 is 2. The van der Waals surface area contributed by atoms with E-state index in [0.29, 0.717) is 23.3 Å².